The van der Waals surface area contributed by atoms with Crippen LogP contribution in [-0.4, -0.2) is 9.55 Å². The van der Waals surface area contributed by atoms with Crippen LogP contribution in [0.25, 0.3) is 11.3 Å². The average molecular weight is 295 g/mol. The molecular formula is C12H11BrN2S. The molecule has 1 heterocycles. The molecule has 0 aliphatic heterocycles. The molecule has 0 bridgehead atoms. The van der Waals surface area contributed by atoms with E-state index in [1.54, 1.807) is 0 Å². The predicted molar refractivity (Wildman–Crippen MR) is 71.0 cm³/mol. The Balaban J connectivity index is 2.12. The summed E-state index contributed by atoms with van der Waals surface area (Å²) in [5, 5.41) is 0. The monoisotopic (exact) mass is 294 g/mol. The molecule has 0 spiro atoms. The van der Waals surface area contributed by atoms with Crippen molar-refractivity contribution in [3.8, 4) is 11.3 Å². The number of hydrogen-bond acceptors (Lipinski definition) is 1. The first-order chi connectivity index (χ1) is 7.75. The minimum Gasteiger partial charge on any atom is -0.337 e. The Morgan fingerprint density at radius 2 is 1.94 bits per heavy atom. The number of H-pyrrole nitrogens is 1. The minimum atomic E-state index is 0.609. The van der Waals surface area contributed by atoms with Gasteiger partial charge < -0.3 is 9.55 Å². The number of imidazole rings is 1. The van der Waals surface area contributed by atoms with Crippen LogP contribution in [0.1, 0.15) is 18.9 Å². The van der Waals surface area contributed by atoms with Gasteiger partial charge in [-0.1, -0.05) is 28.1 Å². The molecule has 1 aromatic carbocycles. The van der Waals surface area contributed by atoms with Crippen molar-refractivity contribution in [1.82, 2.24) is 9.55 Å². The molecular weight excluding hydrogens is 284 g/mol. The summed E-state index contributed by atoms with van der Waals surface area (Å²) in [4.78, 5) is 3.14. The largest absolute Gasteiger partial charge is 0.337 e. The first-order valence-electron chi connectivity index (χ1n) is 5.31. The molecule has 0 atom stereocenters. The number of benzene rings is 1. The highest BCUT2D eigenvalue weighted by atomic mass is 79.9. The van der Waals surface area contributed by atoms with E-state index in [2.05, 4.69) is 49.7 Å². The molecule has 0 saturated heterocycles. The van der Waals surface area contributed by atoms with E-state index >= 15 is 0 Å². The number of nitrogens with one attached hydrogen (secondary N) is 1. The van der Waals surface area contributed by atoms with Crippen LogP contribution in [0, 0.1) is 4.77 Å². The van der Waals surface area contributed by atoms with Gasteiger partial charge in [-0.25, -0.2) is 0 Å². The van der Waals surface area contributed by atoms with Crippen LogP contribution in [0.15, 0.2) is 34.9 Å². The Kier molecular flexibility index (Phi) is 2.48. The van der Waals surface area contributed by atoms with Crippen LogP contribution in [0.4, 0.5) is 0 Å². The number of aromatic nitrogens is 2. The third-order valence-electron chi connectivity index (χ3n) is 2.86. The van der Waals surface area contributed by atoms with Crippen molar-refractivity contribution < 1.29 is 0 Å². The van der Waals surface area contributed by atoms with Crippen molar-refractivity contribution in [2.75, 3.05) is 0 Å². The average Bonchev–Trinajstić information content (AvgIpc) is 3.04. The molecule has 1 N–H and O–H groups in total. The topological polar surface area (TPSA) is 20.7 Å². The Morgan fingerprint density at radius 3 is 2.56 bits per heavy atom. The number of rotatable bonds is 2. The molecule has 3 rings (SSSR count). The normalized spacial score (nSPS) is 15.3. The molecule has 1 fully saturated rings. The SMILES string of the molecule is S=c1[nH]cc(-c2ccc(Br)cc2)n1C1CC1. The number of nitrogens with zero attached hydrogens (tertiary/aromatic N) is 1. The summed E-state index contributed by atoms with van der Waals surface area (Å²) in [5.41, 5.74) is 2.41. The lowest BCUT2D eigenvalue weighted by Crippen LogP contribution is -1.96. The van der Waals surface area contributed by atoms with E-state index in [0.29, 0.717) is 6.04 Å². The lowest BCUT2D eigenvalue weighted by atomic mass is 10.2. The smallest absolute Gasteiger partial charge is 0.177 e. The van der Waals surface area contributed by atoms with Gasteiger partial charge in [0.15, 0.2) is 4.77 Å². The van der Waals surface area contributed by atoms with Crippen LogP contribution in [0.2, 0.25) is 0 Å². The number of aromatic amines is 1. The second kappa shape index (κ2) is 3.86. The summed E-state index contributed by atoms with van der Waals surface area (Å²) in [6, 6.07) is 8.95. The molecule has 2 aromatic rings. The molecule has 1 aromatic heterocycles. The first kappa shape index (κ1) is 10.3. The summed E-state index contributed by atoms with van der Waals surface area (Å²) in [6.07, 6.45) is 4.50. The number of hydrogen-bond donors (Lipinski definition) is 1. The Morgan fingerprint density at radius 1 is 1.25 bits per heavy atom. The lowest BCUT2D eigenvalue weighted by Gasteiger charge is -2.06. The molecule has 82 valence electrons. The predicted octanol–water partition coefficient (Wildman–Crippen LogP) is 4.31. The zero-order valence-electron chi connectivity index (χ0n) is 8.61. The van der Waals surface area contributed by atoms with Gasteiger partial charge in [-0.3, -0.25) is 0 Å². The van der Waals surface area contributed by atoms with Gasteiger partial charge in [0, 0.05) is 16.7 Å². The van der Waals surface area contributed by atoms with Crippen molar-refractivity contribution in [3.63, 3.8) is 0 Å². The Bertz CT molecular complexity index is 563. The van der Waals surface area contributed by atoms with E-state index in [1.807, 2.05) is 6.20 Å². The zero-order chi connectivity index (χ0) is 11.1. The van der Waals surface area contributed by atoms with Gasteiger partial charge in [0.2, 0.25) is 0 Å². The molecule has 16 heavy (non-hydrogen) atoms. The Hall–Kier alpha value is -0.870. The van der Waals surface area contributed by atoms with Gasteiger partial charge in [0.1, 0.15) is 0 Å². The van der Waals surface area contributed by atoms with E-state index in [4.69, 9.17) is 12.2 Å². The van der Waals surface area contributed by atoms with Gasteiger partial charge in [-0.2, -0.15) is 0 Å². The van der Waals surface area contributed by atoms with E-state index in [-0.39, 0.29) is 0 Å². The van der Waals surface area contributed by atoms with E-state index in [0.717, 1.165) is 9.24 Å². The maximum Gasteiger partial charge on any atom is 0.177 e. The van der Waals surface area contributed by atoms with Crippen molar-refractivity contribution in [1.29, 1.82) is 0 Å². The zero-order valence-corrected chi connectivity index (χ0v) is 11.0. The first-order valence-corrected chi connectivity index (χ1v) is 6.51. The molecule has 2 nitrogen and oxygen atoms in total. The van der Waals surface area contributed by atoms with Crippen LogP contribution in [0.5, 0.6) is 0 Å². The van der Waals surface area contributed by atoms with Crippen molar-refractivity contribution in [3.05, 3.63) is 39.7 Å². The lowest BCUT2D eigenvalue weighted by molar-refractivity contribution is 0.736. The van der Waals surface area contributed by atoms with Crippen molar-refractivity contribution in [2.24, 2.45) is 0 Å². The highest BCUT2D eigenvalue weighted by Crippen LogP contribution is 2.38. The van der Waals surface area contributed by atoms with Crippen LogP contribution >= 0.6 is 28.1 Å². The highest BCUT2D eigenvalue weighted by Gasteiger charge is 2.26. The molecule has 1 saturated carbocycles. The minimum absolute atomic E-state index is 0.609. The van der Waals surface area contributed by atoms with Gasteiger partial charge >= 0.3 is 0 Å². The van der Waals surface area contributed by atoms with Crippen molar-refractivity contribution >= 4 is 28.1 Å². The fourth-order valence-electron chi connectivity index (χ4n) is 1.92. The fraction of sp³-hybridized carbons (Fsp3) is 0.250. The summed E-state index contributed by atoms with van der Waals surface area (Å²) in [6.45, 7) is 0. The molecule has 1 aliphatic rings. The molecule has 0 unspecified atom stereocenters. The third-order valence-corrected chi connectivity index (χ3v) is 3.71. The molecule has 0 radical (unpaired) electrons. The second-order valence-electron chi connectivity index (χ2n) is 4.09. The molecule has 0 amide bonds. The van der Waals surface area contributed by atoms with E-state index < -0.39 is 0 Å². The van der Waals surface area contributed by atoms with Gasteiger partial charge in [0.05, 0.1) is 5.69 Å². The fourth-order valence-corrected chi connectivity index (χ4v) is 2.49. The van der Waals surface area contributed by atoms with Crippen molar-refractivity contribution in [2.45, 2.75) is 18.9 Å². The second-order valence-corrected chi connectivity index (χ2v) is 5.39. The molecule has 1 aliphatic carbocycles. The number of halogens is 1. The summed E-state index contributed by atoms with van der Waals surface area (Å²) < 4.78 is 4.17. The summed E-state index contributed by atoms with van der Waals surface area (Å²) >= 11 is 8.76. The molecule has 4 heteroatoms. The van der Waals surface area contributed by atoms with Crippen LogP contribution in [0.3, 0.4) is 0 Å². The summed E-state index contributed by atoms with van der Waals surface area (Å²) in [5.74, 6) is 0. The maximum absolute atomic E-state index is 5.31. The van der Waals surface area contributed by atoms with Crippen LogP contribution < -0.4 is 0 Å². The van der Waals surface area contributed by atoms with E-state index in [9.17, 15) is 0 Å². The quantitative estimate of drug-likeness (QED) is 0.819. The van der Waals surface area contributed by atoms with Gasteiger partial charge in [-0.05, 0) is 42.8 Å². The van der Waals surface area contributed by atoms with E-state index in [1.165, 1.54) is 24.1 Å². The summed E-state index contributed by atoms with van der Waals surface area (Å²) in [7, 11) is 0. The van der Waals surface area contributed by atoms with Crippen LogP contribution in [-0.2, 0) is 0 Å². The standard InChI is InChI=1S/C12H11BrN2S/c13-9-3-1-8(2-4-9)11-7-14-12(16)15(11)10-5-6-10/h1-4,7,10H,5-6H2,(H,14,16). The van der Waals surface area contributed by atoms with Gasteiger partial charge in [-0.15, -0.1) is 0 Å². The third kappa shape index (κ3) is 1.76. The highest BCUT2D eigenvalue weighted by molar-refractivity contribution is 9.10. The Labute approximate surface area is 107 Å². The maximum atomic E-state index is 5.31. The van der Waals surface area contributed by atoms with Gasteiger partial charge in [0.25, 0.3) is 0 Å².